The van der Waals surface area contributed by atoms with Gasteiger partial charge in [0.25, 0.3) is 5.91 Å². The first-order valence-electron chi connectivity index (χ1n) is 9.87. The second kappa shape index (κ2) is 11.0. The minimum atomic E-state index is -1.12. The molecule has 3 N–H and O–H groups in total. The van der Waals surface area contributed by atoms with Crippen LogP contribution in [0.4, 0.5) is 0 Å². The van der Waals surface area contributed by atoms with Crippen molar-refractivity contribution >= 4 is 34.5 Å². The van der Waals surface area contributed by atoms with Gasteiger partial charge in [0.2, 0.25) is 0 Å². The molecule has 6 nitrogen and oxygen atoms in total. The molecular weight excluding hydrogens is 448 g/mol. The van der Waals surface area contributed by atoms with E-state index in [-0.39, 0.29) is 17.0 Å². The normalized spacial score (nSPS) is 12.7. The van der Waals surface area contributed by atoms with Crippen molar-refractivity contribution in [2.45, 2.75) is 19.0 Å². The van der Waals surface area contributed by atoms with Crippen molar-refractivity contribution in [2.75, 3.05) is 6.26 Å². The number of rotatable bonds is 9. The molecule has 0 saturated carbocycles. The molecule has 166 valence electrons. The van der Waals surface area contributed by atoms with Crippen LogP contribution in [0.15, 0.2) is 72.8 Å². The van der Waals surface area contributed by atoms with Crippen molar-refractivity contribution < 1.29 is 18.9 Å². The molecule has 0 spiro atoms. The highest BCUT2D eigenvalue weighted by Crippen LogP contribution is 2.22. The molecular formula is C24H23ClN2O4S. The number of benzene rings is 3. The average molecular weight is 471 g/mol. The number of aliphatic carboxylic acids is 1. The fourth-order valence-corrected chi connectivity index (χ4v) is 3.79. The first-order chi connectivity index (χ1) is 15.3. The number of carbonyl (C=O) groups excluding carboxylic acids is 1. The van der Waals surface area contributed by atoms with E-state index in [1.807, 2.05) is 48.5 Å². The molecule has 0 aliphatic rings. The monoisotopic (exact) mass is 470 g/mol. The van der Waals surface area contributed by atoms with Crippen LogP contribution in [0.3, 0.4) is 0 Å². The van der Waals surface area contributed by atoms with Gasteiger partial charge in [-0.3, -0.25) is 4.79 Å². The van der Waals surface area contributed by atoms with Gasteiger partial charge in [0.05, 0.1) is 21.6 Å². The summed E-state index contributed by atoms with van der Waals surface area (Å²) in [4.78, 5) is 24.2. The van der Waals surface area contributed by atoms with Crippen LogP contribution in [0, 0.1) is 0 Å². The Labute approximate surface area is 194 Å². The Bertz CT molecular complexity index is 1130. The molecule has 32 heavy (non-hydrogen) atoms. The molecule has 1 amide bonds. The van der Waals surface area contributed by atoms with Gasteiger partial charge in [-0.2, -0.15) is 0 Å². The van der Waals surface area contributed by atoms with Crippen molar-refractivity contribution in [2.24, 2.45) is 0 Å². The number of halogens is 1. The number of nitrogens with one attached hydrogen (secondary N) is 2. The number of amides is 1. The van der Waals surface area contributed by atoms with Crippen molar-refractivity contribution in [3.8, 4) is 11.1 Å². The van der Waals surface area contributed by atoms with Gasteiger partial charge in [-0.15, -0.1) is 0 Å². The van der Waals surface area contributed by atoms with Gasteiger partial charge >= 0.3 is 5.97 Å². The van der Waals surface area contributed by atoms with E-state index in [1.54, 1.807) is 30.5 Å². The predicted octanol–water partition coefficient (Wildman–Crippen LogP) is 3.82. The van der Waals surface area contributed by atoms with E-state index in [2.05, 4.69) is 10.0 Å². The van der Waals surface area contributed by atoms with Gasteiger partial charge in [0, 0.05) is 19.2 Å². The summed E-state index contributed by atoms with van der Waals surface area (Å²) in [5.41, 5.74) is 3.99. The molecule has 3 aromatic carbocycles. The van der Waals surface area contributed by atoms with E-state index in [9.17, 15) is 18.9 Å². The standard InChI is InChI=1S/C24H23ClN2O4S/c1-32(31)26-15-17-5-4-6-19(13-17)18-11-9-16(10-12-18)14-22(24(29)30)27-23(28)20-7-2-3-8-21(20)25/h2-13,22,26H,14-15H2,1H3,(H,27,28)(H,29,30). The largest absolute Gasteiger partial charge is 0.480 e. The third kappa shape index (κ3) is 6.50. The van der Waals surface area contributed by atoms with Crippen LogP contribution >= 0.6 is 11.6 Å². The molecule has 0 aliphatic carbocycles. The maximum atomic E-state index is 12.5. The smallest absolute Gasteiger partial charge is 0.326 e. The molecule has 8 heteroatoms. The summed E-state index contributed by atoms with van der Waals surface area (Å²) in [5, 5.41) is 12.4. The maximum Gasteiger partial charge on any atom is 0.326 e. The topological polar surface area (TPSA) is 95.5 Å². The second-order valence-corrected chi connectivity index (χ2v) is 8.82. The van der Waals surface area contributed by atoms with Crippen LogP contribution in [0.1, 0.15) is 21.5 Å². The molecule has 3 rings (SSSR count). The van der Waals surface area contributed by atoms with Crippen molar-refractivity contribution in [3.63, 3.8) is 0 Å². The quantitative estimate of drug-likeness (QED) is 0.443. The Morgan fingerprint density at radius 2 is 1.69 bits per heavy atom. The van der Waals surface area contributed by atoms with Crippen LogP contribution in [0.2, 0.25) is 5.02 Å². The van der Waals surface area contributed by atoms with Crippen LogP contribution in [-0.4, -0.2) is 33.5 Å². The van der Waals surface area contributed by atoms with Gasteiger partial charge < -0.3 is 10.4 Å². The lowest BCUT2D eigenvalue weighted by molar-refractivity contribution is -0.139. The van der Waals surface area contributed by atoms with Gasteiger partial charge in [0.15, 0.2) is 0 Å². The highest BCUT2D eigenvalue weighted by Gasteiger charge is 2.22. The Morgan fingerprint density at radius 1 is 0.969 bits per heavy atom. The van der Waals surface area contributed by atoms with Crippen LogP contribution in [0.25, 0.3) is 11.1 Å². The van der Waals surface area contributed by atoms with Gasteiger partial charge in [0.1, 0.15) is 6.04 Å². The van der Waals surface area contributed by atoms with Crippen molar-refractivity contribution in [1.29, 1.82) is 0 Å². The van der Waals surface area contributed by atoms with Crippen molar-refractivity contribution in [1.82, 2.24) is 10.0 Å². The molecule has 2 unspecified atom stereocenters. The van der Waals surface area contributed by atoms with Gasteiger partial charge in [-0.05, 0) is 40.5 Å². The third-order valence-corrected chi connectivity index (χ3v) is 5.74. The second-order valence-electron chi connectivity index (χ2n) is 7.22. The highest BCUT2D eigenvalue weighted by molar-refractivity contribution is 7.82. The van der Waals surface area contributed by atoms with E-state index >= 15 is 0 Å². The summed E-state index contributed by atoms with van der Waals surface area (Å²) < 4.78 is 14.1. The Morgan fingerprint density at radius 3 is 2.34 bits per heavy atom. The Balaban J connectivity index is 1.70. The highest BCUT2D eigenvalue weighted by atomic mass is 35.5. The lowest BCUT2D eigenvalue weighted by Crippen LogP contribution is -2.42. The molecule has 0 saturated heterocycles. The SMILES string of the molecule is CS(=O)NCc1cccc(-c2ccc(CC(NC(=O)c3ccccc3Cl)C(=O)O)cc2)c1. The Kier molecular flexibility index (Phi) is 8.16. The molecule has 0 aliphatic heterocycles. The molecule has 0 heterocycles. The molecule has 0 bridgehead atoms. The summed E-state index contributed by atoms with van der Waals surface area (Å²) >= 11 is 6.04. The fraction of sp³-hybridized carbons (Fsp3) is 0.167. The zero-order valence-electron chi connectivity index (χ0n) is 17.4. The molecule has 0 aromatic heterocycles. The Hall–Kier alpha value is -3.00. The fourth-order valence-electron chi connectivity index (χ4n) is 3.20. The van der Waals surface area contributed by atoms with E-state index in [4.69, 9.17) is 11.6 Å². The number of carboxylic acids is 1. The zero-order chi connectivity index (χ0) is 23.1. The summed E-state index contributed by atoms with van der Waals surface area (Å²) in [6.45, 7) is 0.500. The summed E-state index contributed by atoms with van der Waals surface area (Å²) in [7, 11) is -1.08. The third-order valence-electron chi connectivity index (χ3n) is 4.86. The predicted molar refractivity (Wildman–Crippen MR) is 127 cm³/mol. The van der Waals surface area contributed by atoms with Crippen LogP contribution in [-0.2, 0) is 28.7 Å². The average Bonchev–Trinajstić information content (AvgIpc) is 2.78. The zero-order valence-corrected chi connectivity index (χ0v) is 19.0. The molecule has 3 aromatic rings. The van der Waals surface area contributed by atoms with Gasteiger partial charge in [-0.1, -0.05) is 66.2 Å². The lowest BCUT2D eigenvalue weighted by Gasteiger charge is -2.15. The number of hydrogen-bond donors (Lipinski definition) is 3. The minimum Gasteiger partial charge on any atom is -0.480 e. The molecule has 0 radical (unpaired) electrons. The molecule has 0 fully saturated rings. The number of carbonyl (C=O) groups is 2. The first kappa shape index (κ1) is 23.7. The summed E-state index contributed by atoms with van der Waals surface area (Å²) in [6, 6.07) is 20.8. The maximum absolute atomic E-state index is 12.5. The van der Waals surface area contributed by atoms with E-state index in [0.717, 1.165) is 22.3 Å². The van der Waals surface area contributed by atoms with Gasteiger partial charge in [-0.25, -0.2) is 13.7 Å². The lowest BCUT2D eigenvalue weighted by atomic mass is 9.99. The van der Waals surface area contributed by atoms with Crippen molar-refractivity contribution in [3.05, 3.63) is 94.5 Å². The summed E-state index contributed by atoms with van der Waals surface area (Å²) in [5.74, 6) is -1.65. The number of carboxylic acid groups (broad SMARTS) is 1. The molecule has 2 atom stereocenters. The summed E-state index contributed by atoms with van der Waals surface area (Å²) in [6.07, 6.45) is 1.72. The minimum absolute atomic E-state index is 0.137. The first-order valence-corrected chi connectivity index (χ1v) is 11.8. The van der Waals surface area contributed by atoms with Crippen LogP contribution < -0.4 is 10.0 Å². The van der Waals surface area contributed by atoms with E-state index < -0.39 is 28.9 Å². The number of hydrogen-bond acceptors (Lipinski definition) is 3. The van der Waals surface area contributed by atoms with E-state index in [0.29, 0.717) is 6.54 Å². The van der Waals surface area contributed by atoms with Crippen LogP contribution in [0.5, 0.6) is 0 Å². The van der Waals surface area contributed by atoms with E-state index in [1.165, 1.54) is 0 Å².